The molecule has 4 heteroatoms. The summed E-state index contributed by atoms with van der Waals surface area (Å²) in [5, 5.41) is 3.33. The number of methoxy groups -OCH3 is 2. The molecule has 1 atom stereocenters. The van der Waals surface area contributed by atoms with E-state index < -0.39 is 0 Å². The third-order valence-corrected chi connectivity index (χ3v) is 2.42. The van der Waals surface area contributed by atoms with Gasteiger partial charge < -0.3 is 14.8 Å². The van der Waals surface area contributed by atoms with Crippen molar-refractivity contribution in [3.63, 3.8) is 0 Å². The maximum Gasteiger partial charge on any atom is 0.169 e. The number of pyridine rings is 1. The van der Waals surface area contributed by atoms with Crippen molar-refractivity contribution in [1.29, 1.82) is 0 Å². The molecule has 0 radical (unpaired) electrons. The minimum absolute atomic E-state index is 0.258. The first-order valence-electron chi connectivity index (χ1n) is 5.48. The molecule has 0 spiro atoms. The summed E-state index contributed by atoms with van der Waals surface area (Å²) in [7, 11) is 3.35. The summed E-state index contributed by atoms with van der Waals surface area (Å²) >= 11 is 0. The van der Waals surface area contributed by atoms with Crippen LogP contribution in [0.2, 0.25) is 0 Å². The molecule has 0 fully saturated rings. The average molecular weight is 224 g/mol. The van der Waals surface area contributed by atoms with Gasteiger partial charge in [0.25, 0.3) is 0 Å². The van der Waals surface area contributed by atoms with E-state index in [1.807, 2.05) is 19.1 Å². The van der Waals surface area contributed by atoms with E-state index in [-0.39, 0.29) is 6.04 Å². The van der Waals surface area contributed by atoms with Gasteiger partial charge in [-0.1, -0.05) is 6.92 Å². The third-order valence-electron chi connectivity index (χ3n) is 2.42. The smallest absolute Gasteiger partial charge is 0.169 e. The highest BCUT2D eigenvalue weighted by molar-refractivity contribution is 5.51. The zero-order chi connectivity index (χ0) is 12.0. The first-order valence-corrected chi connectivity index (χ1v) is 5.48. The van der Waals surface area contributed by atoms with Crippen molar-refractivity contribution in [2.45, 2.75) is 26.3 Å². The molecule has 1 rings (SSSR count). The zero-order valence-electron chi connectivity index (χ0n) is 10.4. The number of ether oxygens (including phenoxy) is 2. The Kier molecular flexibility index (Phi) is 5.05. The second kappa shape index (κ2) is 6.33. The van der Waals surface area contributed by atoms with E-state index in [2.05, 4.69) is 17.2 Å². The summed E-state index contributed by atoms with van der Waals surface area (Å²) in [6.45, 7) is 4.73. The fourth-order valence-electron chi connectivity index (χ4n) is 1.47. The molecule has 0 aliphatic carbocycles. The molecule has 1 aromatic heterocycles. The normalized spacial score (nSPS) is 12.2. The van der Waals surface area contributed by atoms with E-state index in [1.165, 1.54) is 0 Å². The number of nitrogens with zero attached hydrogens (tertiary/aromatic N) is 1. The van der Waals surface area contributed by atoms with Crippen LogP contribution in [0.4, 0.5) is 5.82 Å². The monoisotopic (exact) mass is 224 g/mol. The number of aromatic nitrogens is 1. The Balaban J connectivity index is 2.80. The van der Waals surface area contributed by atoms with Crippen LogP contribution in [-0.4, -0.2) is 31.9 Å². The molecule has 0 bridgehead atoms. The van der Waals surface area contributed by atoms with E-state index in [9.17, 15) is 0 Å². The van der Waals surface area contributed by atoms with Crippen LogP contribution in [0.1, 0.15) is 19.0 Å². The van der Waals surface area contributed by atoms with Crippen LogP contribution < -0.4 is 10.1 Å². The van der Waals surface area contributed by atoms with Gasteiger partial charge in [0.05, 0.1) is 19.8 Å². The molecule has 16 heavy (non-hydrogen) atoms. The maximum atomic E-state index is 5.26. The lowest BCUT2D eigenvalue weighted by Gasteiger charge is -2.18. The first kappa shape index (κ1) is 12.8. The molecular formula is C12H20N2O2. The molecule has 0 saturated heterocycles. The Morgan fingerprint density at radius 2 is 2.12 bits per heavy atom. The fourth-order valence-corrected chi connectivity index (χ4v) is 1.47. The molecule has 0 aliphatic heterocycles. The van der Waals surface area contributed by atoms with Gasteiger partial charge in [-0.2, -0.15) is 0 Å². The summed E-state index contributed by atoms with van der Waals surface area (Å²) in [6.07, 6.45) is 0.979. The predicted molar refractivity (Wildman–Crippen MR) is 65.1 cm³/mol. The van der Waals surface area contributed by atoms with E-state index >= 15 is 0 Å². The maximum absolute atomic E-state index is 5.26. The number of anilines is 1. The lowest BCUT2D eigenvalue weighted by atomic mass is 10.2. The second-order valence-corrected chi connectivity index (χ2v) is 3.71. The molecule has 0 aromatic carbocycles. The predicted octanol–water partition coefficient (Wildman–Crippen LogP) is 2.24. The standard InChI is InChI=1S/C12H20N2O2/c1-5-10(8-15-3)14-12-11(16-4)7-6-9(2)13-12/h6-7,10H,5,8H2,1-4H3,(H,13,14). The van der Waals surface area contributed by atoms with Crippen LogP contribution >= 0.6 is 0 Å². The van der Waals surface area contributed by atoms with Crippen LogP contribution in [0.15, 0.2) is 12.1 Å². The molecule has 1 heterocycles. The zero-order valence-corrected chi connectivity index (χ0v) is 10.4. The van der Waals surface area contributed by atoms with Crippen LogP contribution in [0.3, 0.4) is 0 Å². The third kappa shape index (κ3) is 3.38. The summed E-state index contributed by atoms with van der Waals surface area (Å²) in [6, 6.07) is 4.11. The van der Waals surface area contributed by atoms with Gasteiger partial charge in [-0.3, -0.25) is 0 Å². The van der Waals surface area contributed by atoms with Crippen molar-refractivity contribution in [1.82, 2.24) is 4.98 Å². The summed E-state index contributed by atoms with van der Waals surface area (Å²) in [5.74, 6) is 1.55. The van der Waals surface area contributed by atoms with Crippen LogP contribution in [0.25, 0.3) is 0 Å². The Morgan fingerprint density at radius 3 is 2.69 bits per heavy atom. The largest absolute Gasteiger partial charge is 0.493 e. The van der Waals surface area contributed by atoms with E-state index in [0.29, 0.717) is 6.61 Å². The molecule has 1 aromatic rings. The van der Waals surface area contributed by atoms with Crippen LogP contribution in [0.5, 0.6) is 5.75 Å². The van der Waals surface area contributed by atoms with Gasteiger partial charge in [0.2, 0.25) is 0 Å². The highest BCUT2D eigenvalue weighted by atomic mass is 16.5. The minimum Gasteiger partial charge on any atom is -0.493 e. The average Bonchev–Trinajstić information content (AvgIpc) is 2.29. The van der Waals surface area contributed by atoms with Gasteiger partial charge >= 0.3 is 0 Å². The van der Waals surface area contributed by atoms with Crippen molar-refractivity contribution < 1.29 is 9.47 Å². The number of hydrogen-bond donors (Lipinski definition) is 1. The number of aryl methyl sites for hydroxylation is 1. The Hall–Kier alpha value is -1.29. The Bertz CT molecular complexity index is 329. The highest BCUT2D eigenvalue weighted by Crippen LogP contribution is 2.22. The van der Waals surface area contributed by atoms with Gasteiger partial charge in [0.1, 0.15) is 0 Å². The van der Waals surface area contributed by atoms with E-state index in [0.717, 1.165) is 23.7 Å². The summed E-state index contributed by atoms with van der Waals surface area (Å²) in [4.78, 5) is 4.42. The van der Waals surface area contributed by atoms with Crippen LogP contribution in [-0.2, 0) is 4.74 Å². The summed E-state index contributed by atoms with van der Waals surface area (Å²) in [5.41, 5.74) is 0.968. The quantitative estimate of drug-likeness (QED) is 0.804. The number of hydrogen-bond acceptors (Lipinski definition) is 4. The molecule has 0 amide bonds. The van der Waals surface area contributed by atoms with Gasteiger partial charge in [-0.05, 0) is 25.5 Å². The lowest BCUT2D eigenvalue weighted by molar-refractivity contribution is 0.184. The molecule has 4 nitrogen and oxygen atoms in total. The van der Waals surface area contributed by atoms with Gasteiger partial charge in [-0.25, -0.2) is 4.98 Å². The van der Waals surface area contributed by atoms with Gasteiger partial charge in [0, 0.05) is 12.8 Å². The molecule has 1 unspecified atom stereocenters. The van der Waals surface area contributed by atoms with Crippen molar-refractivity contribution in [3.8, 4) is 5.75 Å². The molecular weight excluding hydrogens is 204 g/mol. The molecule has 1 N–H and O–H groups in total. The SMILES string of the molecule is CCC(COC)Nc1nc(C)ccc1OC. The highest BCUT2D eigenvalue weighted by Gasteiger charge is 2.10. The molecule has 90 valence electrons. The van der Waals surface area contributed by atoms with Gasteiger partial charge in [0.15, 0.2) is 11.6 Å². The molecule has 0 aliphatic rings. The van der Waals surface area contributed by atoms with Gasteiger partial charge in [-0.15, -0.1) is 0 Å². The first-order chi connectivity index (χ1) is 7.71. The topological polar surface area (TPSA) is 43.4 Å². The lowest BCUT2D eigenvalue weighted by Crippen LogP contribution is -2.24. The second-order valence-electron chi connectivity index (χ2n) is 3.71. The van der Waals surface area contributed by atoms with Crippen LogP contribution in [0, 0.1) is 6.92 Å². The van der Waals surface area contributed by atoms with Crippen molar-refractivity contribution in [2.75, 3.05) is 26.1 Å². The van der Waals surface area contributed by atoms with Crippen molar-refractivity contribution in [2.24, 2.45) is 0 Å². The van der Waals surface area contributed by atoms with E-state index in [4.69, 9.17) is 9.47 Å². The van der Waals surface area contributed by atoms with Crippen molar-refractivity contribution >= 4 is 5.82 Å². The van der Waals surface area contributed by atoms with E-state index in [1.54, 1.807) is 14.2 Å². The minimum atomic E-state index is 0.258. The Morgan fingerprint density at radius 1 is 1.38 bits per heavy atom. The number of nitrogens with one attached hydrogen (secondary N) is 1. The summed E-state index contributed by atoms with van der Waals surface area (Å²) < 4.78 is 10.4. The number of rotatable bonds is 6. The Labute approximate surface area is 97.0 Å². The van der Waals surface area contributed by atoms with Crippen molar-refractivity contribution in [3.05, 3.63) is 17.8 Å². The molecule has 0 saturated carbocycles. The fraction of sp³-hybridized carbons (Fsp3) is 0.583.